The number of sulfone groups is 1. The smallest absolute Gasteiger partial charge is 0.319 e. The van der Waals surface area contributed by atoms with Crippen molar-refractivity contribution in [2.24, 2.45) is 5.73 Å². The van der Waals surface area contributed by atoms with Crippen LogP contribution < -0.4 is 10.6 Å². The molecule has 0 atom stereocenters. The first-order valence-corrected chi connectivity index (χ1v) is 10.4. The largest absolute Gasteiger partial charge is 0.498 e. The molecule has 1 amide bonds. The van der Waals surface area contributed by atoms with Crippen molar-refractivity contribution < 1.29 is 27.9 Å². The number of carbonyl (C=O) groups excluding carboxylic acids is 1. The predicted octanol–water partition coefficient (Wildman–Crippen LogP) is 1.23. The van der Waals surface area contributed by atoms with Crippen LogP contribution in [0.1, 0.15) is 11.1 Å². The molecule has 3 rings (SSSR count). The minimum absolute atomic E-state index is 0.0800. The first-order valence-electron chi connectivity index (χ1n) is 8.72. The quantitative estimate of drug-likeness (QED) is 0.442. The maximum Gasteiger partial charge on any atom is 0.319 e. The van der Waals surface area contributed by atoms with Crippen molar-refractivity contribution in [3.63, 3.8) is 0 Å². The number of nitrogens with two attached hydrogens (primary N) is 1. The number of benzene rings is 2. The van der Waals surface area contributed by atoms with Crippen LogP contribution in [0.5, 0.6) is 0 Å². The number of hydrogen-bond donors (Lipinski definition) is 3. The monoisotopic (exact) mass is 429 g/mol. The van der Waals surface area contributed by atoms with E-state index in [1.165, 1.54) is 36.3 Å². The maximum atomic E-state index is 13.0. The lowest BCUT2D eigenvalue weighted by Gasteiger charge is -2.17. The first kappa shape index (κ1) is 21.1. The van der Waals surface area contributed by atoms with Crippen LogP contribution in [0, 0.1) is 5.41 Å². The van der Waals surface area contributed by atoms with Gasteiger partial charge in [-0.2, -0.15) is 0 Å². The normalized spacial score (nSPS) is 14.2. The molecule has 0 aromatic heterocycles. The Kier molecular flexibility index (Phi) is 5.61. The number of amides is 1. The van der Waals surface area contributed by atoms with Gasteiger partial charge < -0.3 is 20.5 Å². The Morgan fingerprint density at radius 2 is 1.77 bits per heavy atom. The van der Waals surface area contributed by atoms with Gasteiger partial charge in [0.25, 0.3) is 5.91 Å². The number of nitrogen functional groups attached to an aromatic ring is 1. The molecule has 0 unspecified atom stereocenters. The number of hydrogen-bond acceptors (Lipinski definition) is 6. The van der Waals surface area contributed by atoms with Crippen LogP contribution in [-0.4, -0.2) is 50.6 Å². The lowest BCUT2D eigenvalue weighted by atomic mass is 10.1. The van der Waals surface area contributed by atoms with E-state index in [-0.39, 0.29) is 28.8 Å². The van der Waals surface area contributed by atoms with Gasteiger partial charge in [-0.05, 0) is 42.0 Å². The van der Waals surface area contributed by atoms with Crippen molar-refractivity contribution in [2.75, 3.05) is 24.3 Å². The standard InChI is InChI=1S/C20H19N3O6S/c1-29-16-10-23(14-6-2-13(3-7-14)19(21)22)20(26)18(16)12-4-8-15(9-5-12)30(27,28)11-17(24)25/h2-9H,10-11H2,1H3,(H3,21,22)(H,24,25). The highest BCUT2D eigenvalue weighted by atomic mass is 32.2. The van der Waals surface area contributed by atoms with E-state index in [0.717, 1.165) is 0 Å². The van der Waals surface area contributed by atoms with Crippen LogP contribution >= 0.6 is 0 Å². The van der Waals surface area contributed by atoms with Gasteiger partial charge in [0.15, 0.2) is 15.6 Å². The van der Waals surface area contributed by atoms with Gasteiger partial charge in [0.1, 0.15) is 11.6 Å². The third-order valence-corrected chi connectivity index (χ3v) is 6.21. The van der Waals surface area contributed by atoms with Crippen molar-refractivity contribution in [1.29, 1.82) is 5.41 Å². The summed E-state index contributed by atoms with van der Waals surface area (Å²) in [6.45, 7) is 0.184. The average molecular weight is 429 g/mol. The van der Waals surface area contributed by atoms with Gasteiger partial charge in [-0.15, -0.1) is 0 Å². The molecule has 9 nitrogen and oxygen atoms in total. The number of aliphatic carboxylic acids is 1. The Hall–Kier alpha value is -3.66. The molecule has 0 bridgehead atoms. The van der Waals surface area contributed by atoms with Gasteiger partial charge in [0.05, 0.1) is 24.1 Å². The average Bonchev–Trinajstić information content (AvgIpc) is 3.03. The highest BCUT2D eigenvalue weighted by Gasteiger charge is 2.33. The van der Waals surface area contributed by atoms with Gasteiger partial charge in [-0.3, -0.25) is 15.0 Å². The summed E-state index contributed by atoms with van der Waals surface area (Å²) < 4.78 is 29.5. The Labute approximate surface area is 172 Å². The fourth-order valence-corrected chi connectivity index (χ4v) is 4.15. The Morgan fingerprint density at radius 1 is 1.17 bits per heavy atom. The molecule has 1 aliphatic heterocycles. The Balaban J connectivity index is 1.90. The van der Waals surface area contributed by atoms with Crippen LogP contribution in [-0.2, 0) is 24.2 Å². The minimum Gasteiger partial charge on any atom is -0.498 e. The van der Waals surface area contributed by atoms with Crippen LogP contribution in [0.3, 0.4) is 0 Å². The van der Waals surface area contributed by atoms with Crippen LogP contribution in [0.25, 0.3) is 5.57 Å². The van der Waals surface area contributed by atoms with Gasteiger partial charge in [-0.25, -0.2) is 8.42 Å². The summed E-state index contributed by atoms with van der Waals surface area (Å²) in [6.07, 6.45) is 0. The molecule has 156 valence electrons. The third-order valence-electron chi connectivity index (χ3n) is 4.59. The van der Waals surface area contributed by atoms with Gasteiger partial charge >= 0.3 is 5.97 Å². The molecule has 0 aliphatic carbocycles. The lowest BCUT2D eigenvalue weighted by molar-refractivity contribution is -0.134. The van der Waals surface area contributed by atoms with E-state index in [2.05, 4.69) is 0 Å². The fraction of sp³-hybridized carbons (Fsp3) is 0.150. The van der Waals surface area contributed by atoms with Crippen LogP contribution in [0.15, 0.2) is 59.2 Å². The second-order valence-electron chi connectivity index (χ2n) is 6.53. The Morgan fingerprint density at radius 3 is 2.27 bits per heavy atom. The van der Waals surface area contributed by atoms with Crippen molar-refractivity contribution in [3.8, 4) is 0 Å². The second kappa shape index (κ2) is 7.99. The van der Waals surface area contributed by atoms with E-state index in [9.17, 15) is 18.0 Å². The zero-order valence-corrected chi connectivity index (χ0v) is 16.8. The maximum absolute atomic E-state index is 13.0. The SMILES string of the molecule is COC1=C(c2ccc(S(=O)(=O)CC(=O)O)cc2)C(=O)N(c2ccc(C(=N)N)cc2)C1. The number of anilines is 1. The van der Waals surface area contributed by atoms with Crippen LogP contribution in [0.4, 0.5) is 5.69 Å². The number of nitrogens with one attached hydrogen (secondary N) is 1. The number of nitrogens with zero attached hydrogens (tertiary/aromatic N) is 1. The summed E-state index contributed by atoms with van der Waals surface area (Å²) in [4.78, 5) is 25.1. The molecule has 1 heterocycles. The molecule has 0 saturated heterocycles. The number of carboxylic acid groups (broad SMARTS) is 1. The number of methoxy groups -OCH3 is 1. The highest BCUT2D eigenvalue weighted by Crippen LogP contribution is 2.32. The minimum atomic E-state index is -3.97. The molecular weight excluding hydrogens is 410 g/mol. The number of rotatable bonds is 7. The summed E-state index contributed by atoms with van der Waals surface area (Å²) in [5.74, 6) is -2.45. The third kappa shape index (κ3) is 4.03. The fourth-order valence-electron chi connectivity index (χ4n) is 3.10. The number of carboxylic acids is 1. The zero-order chi connectivity index (χ0) is 22.1. The van der Waals surface area contributed by atoms with Gasteiger partial charge in [0.2, 0.25) is 0 Å². The van der Waals surface area contributed by atoms with Crippen molar-refractivity contribution >= 4 is 38.8 Å². The second-order valence-corrected chi connectivity index (χ2v) is 8.52. The molecule has 0 radical (unpaired) electrons. The van der Waals surface area contributed by atoms with E-state index >= 15 is 0 Å². The number of carbonyl (C=O) groups is 2. The molecule has 2 aromatic carbocycles. The topological polar surface area (TPSA) is 151 Å². The number of amidine groups is 1. The van der Waals surface area contributed by atoms with E-state index in [1.807, 2.05) is 0 Å². The molecule has 0 fully saturated rings. The molecule has 30 heavy (non-hydrogen) atoms. The summed E-state index contributed by atoms with van der Waals surface area (Å²) in [5.41, 5.74) is 7.32. The number of ether oxygens (including phenoxy) is 1. The van der Waals surface area contributed by atoms with Gasteiger partial charge in [-0.1, -0.05) is 12.1 Å². The first-order chi connectivity index (χ1) is 14.1. The van der Waals surface area contributed by atoms with Crippen molar-refractivity contribution in [3.05, 3.63) is 65.4 Å². The summed E-state index contributed by atoms with van der Waals surface area (Å²) >= 11 is 0. The van der Waals surface area contributed by atoms with E-state index < -0.39 is 21.6 Å². The molecule has 0 saturated carbocycles. The van der Waals surface area contributed by atoms with Crippen LogP contribution in [0.2, 0.25) is 0 Å². The zero-order valence-electron chi connectivity index (χ0n) is 16.0. The lowest BCUT2D eigenvalue weighted by Crippen LogP contribution is -2.26. The molecule has 4 N–H and O–H groups in total. The summed E-state index contributed by atoms with van der Waals surface area (Å²) in [5, 5.41) is 16.2. The predicted molar refractivity (Wildman–Crippen MR) is 110 cm³/mol. The molecule has 2 aromatic rings. The van der Waals surface area contributed by atoms with E-state index in [0.29, 0.717) is 22.6 Å². The van der Waals surface area contributed by atoms with E-state index in [4.69, 9.17) is 21.0 Å². The summed E-state index contributed by atoms with van der Waals surface area (Å²) in [6, 6.07) is 12.1. The molecule has 10 heteroatoms. The summed E-state index contributed by atoms with van der Waals surface area (Å²) in [7, 11) is -2.53. The Bertz CT molecular complexity index is 1150. The highest BCUT2D eigenvalue weighted by molar-refractivity contribution is 7.92. The van der Waals surface area contributed by atoms with Crippen molar-refractivity contribution in [2.45, 2.75) is 4.90 Å². The van der Waals surface area contributed by atoms with Crippen molar-refractivity contribution in [1.82, 2.24) is 0 Å². The molecular formula is C20H19N3O6S. The molecule has 1 aliphatic rings. The van der Waals surface area contributed by atoms with E-state index in [1.54, 1.807) is 24.3 Å². The van der Waals surface area contributed by atoms with Gasteiger partial charge in [0, 0.05) is 11.3 Å². The molecule has 0 spiro atoms.